The van der Waals surface area contributed by atoms with Crippen LogP contribution < -0.4 is 20.7 Å². The average Bonchev–Trinajstić information content (AvgIpc) is 3.54. The van der Waals surface area contributed by atoms with Gasteiger partial charge in [-0.2, -0.15) is 0 Å². The Morgan fingerprint density at radius 3 is 2.49 bits per heavy atom. The van der Waals surface area contributed by atoms with Gasteiger partial charge >= 0.3 is 5.69 Å². The molecule has 45 heavy (non-hydrogen) atoms. The number of hydrogen-bond donors (Lipinski definition) is 4. The van der Waals surface area contributed by atoms with Crippen molar-refractivity contribution < 1.29 is 24.4 Å². The molecule has 2 aliphatic heterocycles. The minimum atomic E-state index is -0.489. The van der Waals surface area contributed by atoms with Crippen molar-refractivity contribution >= 4 is 34.6 Å². The molecule has 11 heteroatoms. The van der Waals surface area contributed by atoms with Crippen LogP contribution in [0.15, 0.2) is 78.9 Å². The summed E-state index contributed by atoms with van der Waals surface area (Å²) in [6.07, 6.45) is 2.85. The van der Waals surface area contributed by atoms with Crippen LogP contribution in [-0.4, -0.2) is 53.5 Å². The van der Waals surface area contributed by atoms with Crippen LogP contribution in [0.25, 0.3) is 11.1 Å². The van der Waals surface area contributed by atoms with Gasteiger partial charge in [-0.15, -0.1) is 0 Å². The summed E-state index contributed by atoms with van der Waals surface area (Å²) in [4.78, 5) is 39.3. The topological polar surface area (TPSA) is 146 Å². The van der Waals surface area contributed by atoms with Crippen molar-refractivity contribution in [2.24, 2.45) is 0 Å². The minimum absolute atomic E-state index is 0.0220. The number of hydrogen-bond acceptors (Lipinski definition) is 8. The maximum absolute atomic E-state index is 13.4. The molecule has 1 atom stereocenters. The number of nitro groups is 1. The second kappa shape index (κ2) is 12.7. The first kappa shape index (κ1) is 29.6. The lowest BCUT2D eigenvalue weighted by molar-refractivity contribution is -0.385. The van der Waals surface area contributed by atoms with E-state index in [4.69, 9.17) is 4.74 Å². The van der Waals surface area contributed by atoms with Crippen LogP contribution in [0.5, 0.6) is 11.5 Å². The quantitative estimate of drug-likeness (QED) is 0.129. The number of amides is 2. The molecule has 1 fully saturated rings. The second-order valence-corrected chi connectivity index (χ2v) is 11.1. The van der Waals surface area contributed by atoms with Crippen molar-refractivity contribution in [3.63, 3.8) is 0 Å². The number of carbonyl (C=O) groups excluding carboxylic acids is 2. The van der Waals surface area contributed by atoms with Gasteiger partial charge in [0.1, 0.15) is 5.75 Å². The summed E-state index contributed by atoms with van der Waals surface area (Å²) < 4.78 is 5.24. The van der Waals surface area contributed by atoms with Crippen molar-refractivity contribution in [1.29, 1.82) is 0 Å². The number of likely N-dealkylation sites (tertiary alicyclic amines) is 1. The van der Waals surface area contributed by atoms with Crippen molar-refractivity contribution in [3.05, 3.63) is 106 Å². The normalized spacial score (nSPS) is 14.7. The molecule has 2 heterocycles. The number of aromatic hydroxyl groups is 1. The van der Waals surface area contributed by atoms with E-state index in [-0.39, 0.29) is 40.6 Å². The first-order chi connectivity index (χ1) is 21.8. The van der Waals surface area contributed by atoms with Gasteiger partial charge in [-0.25, -0.2) is 0 Å². The number of benzene rings is 4. The van der Waals surface area contributed by atoms with Gasteiger partial charge in [0.25, 0.3) is 11.8 Å². The number of para-hydroxylation sites is 1. The Bertz CT molecular complexity index is 1790. The Kier molecular flexibility index (Phi) is 8.35. The van der Waals surface area contributed by atoms with E-state index in [2.05, 4.69) is 20.9 Å². The Morgan fingerprint density at radius 1 is 0.978 bits per heavy atom. The summed E-state index contributed by atoms with van der Waals surface area (Å²) in [6, 6.07) is 22.5. The van der Waals surface area contributed by atoms with E-state index in [0.29, 0.717) is 35.5 Å². The zero-order valence-corrected chi connectivity index (χ0v) is 24.7. The summed E-state index contributed by atoms with van der Waals surface area (Å²) in [5, 5.41) is 30.8. The number of nitro benzene ring substituents is 1. The van der Waals surface area contributed by atoms with E-state index in [1.54, 1.807) is 42.5 Å². The van der Waals surface area contributed by atoms with Gasteiger partial charge in [0, 0.05) is 18.7 Å². The summed E-state index contributed by atoms with van der Waals surface area (Å²) in [7, 11) is 1.39. The Hall–Kier alpha value is -5.42. The van der Waals surface area contributed by atoms with E-state index < -0.39 is 4.92 Å². The third-order valence-corrected chi connectivity index (χ3v) is 8.35. The van der Waals surface area contributed by atoms with Gasteiger partial charge in [0.15, 0.2) is 5.75 Å². The number of fused-ring (bicyclic) bond motifs is 2. The Labute approximate surface area is 260 Å². The van der Waals surface area contributed by atoms with Gasteiger partial charge < -0.3 is 25.8 Å². The van der Waals surface area contributed by atoms with Gasteiger partial charge in [0.2, 0.25) is 0 Å². The molecule has 0 aliphatic carbocycles. The SMILES string of the molecule is COc1cc(-c2ccc3c(c2)Nc2ccc(C(CCNC(=O)c4ccccc4O)N4CCCC4)cc2NC3=O)ccc1[N+](=O)[O-]. The summed E-state index contributed by atoms with van der Waals surface area (Å²) in [6.45, 7) is 2.31. The molecule has 11 nitrogen and oxygen atoms in total. The highest BCUT2D eigenvalue weighted by Gasteiger charge is 2.26. The van der Waals surface area contributed by atoms with Crippen LogP contribution >= 0.6 is 0 Å². The monoisotopic (exact) mass is 607 g/mol. The summed E-state index contributed by atoms with van der Waals surface area (Å²) in [5.41, 5.74) is 5.08. The molecular formula is C34H33N5O6. The van der Waals surface area contributed by atoms with Crippen molar-refractivity contribution in [2.45, 2.75) is 25.3 Å². The van der Waals surface area contributed by atoms with Crippen LogP contribution in [-0.2, 0) is 0 Å². The molecule has 1 saturated heterocycles. The lowest BCUT2D eigenvalue weighted by Gasteiger charge is -2.29. The lowest BCUT2D eigenvalue weighted by Crippen LogP contribution is -2.31. The van der Waals surface area contributed by atoms with Crippen LogP contribution in [0.2, 0.25) is 0 Å². The summed E-state index contributed by atoms with van der Waals surface area (Å²) >= 11 is 0. The van der Waals surface area contributed by atoms with E-state index in [1.807, 2.05) is 24.3 Å². The summed E-state index contributed by atoms with van der Waals surface area (Å²) in [5.74, 6) is -0.480. The largest absolute Gasteiger partial charge is 0.507 e. The number of anilines is 3. The average molecular weight is 608 g/mol. The van der Waals surface area contributed by atoms with E-state index in [9.17, 15) is 24.8 Å². The molecule has 4 aromatic carbocycles. The van der Waals surface area contributed by atoms with E-state index in [0.717, 1.165) is 42.7 Å². The molecule has 4 N–H and O–H groups in total. The predicted molar refractivity (Wildman–Crippen MR) is 171 cm³/mol. The molecule has 0 spiro atoms. The molecule has 4 aromatic rings. The lowest BCUT2D eigenvalue weighted by atomic mass is 10.00. The first-order valence-electron chi connectivity index (χ1n) is 14.8. The number of carbonyl (C=O) groups is 2. The van der Waals surface area contributed by atoms with Crippen molar-refractivity contribution in [1.82, 2.24) is 10.2 Å². The fraction of sp³-hybridized carbons (Fsp3) is 0.235. The molecule has 2 aliphatic rings. The van der Waals surface area contributed by atoms with E-state index >= 15 is 0 Å². The molecule has 0 saturated carbocycles. The third-order valence-electron chi connectivity index (χ3n) is 8.35. The maximum atomic E-state index is 13.4. The number of phenolic OH excluding ortho intramolecular Hbond substituents is 1. The highest BCUT2D eigenvalue weighted by Crippen LogP contribution is 2.39. The molecule has 0 aromatic heterocycles. The third kappa shape index (κ3) is 6.16. The van der Waals surface area contributed by atoms with Gasteiger partial charge in [-0.3, -0.25) is 24.6 Å². The van der Waals surface area contributed by atoms with Crippen LogP contribution in [0.1, 0.15) is 51.6 Å². The number of rotatable bonds is 9. The van der Waals surface area contributed by atoms with E-state index in [1.165, 1.54) is 19.2 Å². The highest BCUT2D eigenvalue weighted by atomic mass is 16.6. The zero-order chi connectivity index (χ0) is 31.5. The molecule has 2 amide bonds. The van der Waals surface area contributed by atoms with Crippen molar-refractivity contribution in [2.75, 3.05) is 37.4 Å². The first-order valence-corrected chi connectivity index (χ1v) is 14.8. The molecule has 0 radical (unpaired) electrons. The van der Waals surface area contributed by atoms with Gasteiger partial charge in [-0.05, 0) is 97.6 Å². The maximum Gasteiger partial charge on any atom is 0.310 e. The van der Waals surface area contributed by atoms with Gasteiger partial charge in [-0.1, -0.05) is 24.3 Å². The number of ether oxygens (including phenoxy) is 1. The molecule has 0 bridgehead atoms. The minimum Gasteiger partial charge on any atom is -0.507 e. The molecule has 230 valence electrons. The Balaban J connectivity index is 1.24. The predicted octanol–water partition coefficient (Wildman–Crippen LogP) is 6.24. The van der Waals surface area contributed by atoms with Crippen LogP contribution in [0.4, 0.5) is 22.7 Å². The standard InChI is InChI=1S/C34H33N5O6/c1-45-32-20-22(10-13-30(32)39(43)44)21-8-11-24-27(18-21)36-26-12-9-23(19-28(26)37-34(24)42)29(38-16-4-5-17-38)14-15-35-33(41)25-6-2-3-7-31(25)40/h2-3,6-13,18-20,29,36,40H,4-5,14-17H2,1H3,(H,35,41)(H,37,42). The van der Waals surface area contributed by atoms with Crippen molar-refractivity contribution in [3.8, 4) is 22.6 Å². The van der Waals surface area contributed by atoms with Gasteiger partial charge in [0.05, 0.1) is 40.2 Å². The second-order valence-electron chi connectivity index (χ2n) is 11.1. The Morgan fingerprint density at radius 2 is 1.73 bits per heavy atom. The van der Waals surface area contributed by atoms with Crippen LogP contribution in [0.3, 0.4) is 0 Å². The highest BCUT2D eigenvalue weighted by molar-refractivity contribution is 6.12. The smallest absolute Gasteiger partial charge is 0.310 e. The van der Waals surface area contributed by atoms with Crippen LogP contribution in [0, 0.1) is 10.1 Å². The molecular weight excluding hydrogens is 574 g/mol. The number of nitrogens with zero attached hydrogens (tertiary/aromatic N) is 2. The number of nitrogens with one attached hydrogen (secondary N) is 3. The fourth-order valence-electron chi connectivity index (χ4n) is 6.05. The molecule has 1 unspecified atom stereocenters. The number of phenols is 1. The zero-order valence-electron chi connectivity index (χ0n) is 24.7. The molecule has 6 rings (SSSR count). The fourth-order valence-corrected chi connectivity index (χ4v) is 6.05. The number of methoxy groups -OCH3 is 1.